The Morgan fingerprint density at radius 2 is 0.956 bits per heavy atom. The molecule has 0 aliphatic carbocycles. The van der Waals surface area contributed by atoms with Crippen molar-refractivity contribution in [3.05, 3.63) is 128 Å². The molecule has 0 amide bonds. The fourth-order valence-corrected chi connectivity index (χ4v) is 5.39. The van der Waals surface area contributed by atoms with Crippen molar-refractivity contribution >= 4 is 12.6 Å². The minimum Gasteiger partial charge on any atom is -0.399 e. The topological polar surface area (TPSA) is 70.0 Å². The lowest BCUT2D eigenvalue weighted by Gasteiger charge is -2.32. The smallest absolute Gasteiger partial charge is 0.399 e. The van der Waals surface area contributed by atoms with E-state index in [4.69, 9.17) is 24.3 Å². The summed E-state index contributed by atoms with van der Waals surface area (Å²) in [5.74, 6) is 1.79. The average molecular weight is 589 g/mol. The summed E-state index contributed by atoms with van der Waals surface area (Å²) in [5.41, 5.74) is 6.60. The monoisotopic (exact) mass is 588 g/mol. The third-order valence-corrected chi connectivity index (χ3v) is 8.59. The van der Waals surface area contributed by atoms with Crippen LogP contribution in [0.25, 0.3) is 56.5 Å². The van der Waals surface area contributed by atoms with Gasteiger partial charge < -0.3 is 9.31 Å². The van der Waals surface area contributed by atoms with E-state index >= 15 is 0 Å². The summed E-state index contributed by atoms with van der Waals surface area (Å²) in [5, 5.41) is 0. The molecule has 0 radical (unpaired) electrons. The van der Waals surface area contributed by atoms with Gasteiger partial charge >= 0.3 is 7.12 Å². The Balaban J connectivity index is 1.41. The fraction of sp³-hybridized carbons (Fsp3) is 0.158. The van der Waals surface area contributed by atoms with E-state index < -0.39 is 18.3 Å². The first-order valence-corrected chi connectivity index (χ1v) is 15.2. The van der Waals surface area contributed by atoms with Crippen LogP contribution in [0, 0.1) is 0 Å². The second-order valence-electron chi connectivity index (χ2n) is 12.3. The van der Waals surface area contributed by atoms with Crippen LogP contribution >= 0.6 is 0 Å². The van der Waals surface area contributed by atoms with Gasteiger partial charge in [-0.2, -0.15) is 0 Å². The molecule has 0 N–H and O–H groups in total. The number of hydrogen-bond acceptors (Lipinski definition) is 6. The van der Waals surface area contributed by atoms with Crippen LogP contribution in [0.15, 0.2) is 128 Å². The van der Waals surface area contributed by atoms with Crippen molar-refractivity contribution in [1.82, 2.24) is 19.9 Å². The Labute approximate surface area is 264 Å². The lowest BCUT2D eigenvalue weighted by molar-refractivity contribution is 0.00578. The molecule has 6 aromatic rings. The summed E-state index contributed by atoms with van der Waals surface area (Å²) in [6.07, 6.45) is 1.81. The lowest BCUT2D eigenvalue weighted by atomic mass is 9.76. The minimum absolute atomic E-state index is 0.485. The van der Waals surface area contributed by atoms with Crippen molar-refractivity contribution in [2.45, 2.75) is 38.9 Å². The van der Waals surface area contributed by atoms with E-state index in [0.29, 0.717) is 17.5 Å². The van der Waals surface area contributed by atoms with Gasteiger partial charge in [-0.25, -0.2) is 15.0 Å². The first-order valence-electron chi connectivity index (χ1n) is 15.2. The highest BCUT2D eigenvalue weighted by Crippen LogP contribution is 2.37. The highest BCUT2D eigenvalue weighted by Gasteiger charge is 2.51. The molecule has 1 aliphatic rings. The number of pyridine rings is 1. The maximum Gasteiger partial charge on any atom is 0.494 e. The molecule has 220 valence electrons. The van der Waals surface area contributed by atoms with Gasteiger partial charge in [-0.1, -0.05) is 97.1 Å². The first kappa shape index (κ1) is 28.8. The summed E-state index contributed by atoms with van der Waals surface area (Å²) < 4.78 is 13.1. The molecule has 0 unspecified atom stereocenters. The average Bonchev–Trinajstić information content (AvgIpc) is 3.31. The number of rotatable bonds is 6. The van der Waals surface area contributed by atoms with Crippen molar-refractivity contribution < 1.29 is 9.31 Å². The maximum atomic E-state index is 6.53. The Morgan fingerprint density at radius 3 is 1.53 bits per heavy atom. The van der Waals surface area contributed by atoms with Gasteiger partial charge in [0.05, 0.1) is 16.9 Å². The molecular formula is C38H33BN4O2. The second-order valence-corrected chi connectivity index (χ2v) is 12.3. The number of nitrogens with zero attached hydrogens (tertiary/aromatic N) is 4. The zero-order valence-corrected chi connectivity index (χ0v) is 25.8. The maximum absolute atomic E-state index is 6.53. The highest BCUT2D eigenvalue weighted by atomic mass is 16.7. The van der Waals surface area contributed by atoms with Gasteiger partial charge in [0.25, 0.3) is 0 Å². The Morgan fingerprint density at radius 1 is 0.467 bits per heavy atom. The molecule has 1 aliphatic heterocycles. The molecule has 1 fully saturated rings. The molecule has 2 aromatic heterocycles. The molecule has 0 spiro atoms. The van der Waals surface area contributed by atoms with Gasteiger partial charge in [-0.3, -0.25) is 4.98 Å². The van der Waals surface area contributed by atoms with E-state index in [1.54, 1.807) is 0 Å². The molecule has 0 saturated carbocycles. The summed E-state index contributed by atoms with van der Waals surface area (Å²) in [6.45, 7) is 8.27. The van der Waals surface area contributed by atoms with E-state index in [9.17, 15) is 0 Å². The third kappa shape index (κ3) is 5.80. The summed E-state index contributed by atoms with van der Waals surface area (Å²) >= 11 is 0. The molecule has 4 aromatic carbocycles. The van der Waals surface area contributed by atoms with Gasteiger partial charge in [0, 0.05) is 28.5 Å². The largest absolute Gasteiger partial charge is 0.494 e. The van der Waals surface area contributed by atoms with Crippen LogP contribution in [0.4, 0.5) is 0 Å². The third-order valence-electron chi connectivity index (χ3n) is 8.59. The minimum atomic E-state index is -0.559. The molecular weight excluding hydrogens is 555 g/mol. The normalized spacial score (nSPS) is 15.2. The van der Waals surface area contributed by atoms with Crippen LogP contribution in [0.5, 0.6) is 0 Å². The van der Waals surface area contributed by atoms with Crippen molar-refractivity contribution in [3.8, 4) is 56.5 Å². The van der Waals surface area contributed by atoms with Crippen molar-refractivity contribution in [2.24, 2.45) is 0 Å². The summed E-state index contributed by atoms with van der Waals surface area (Å²) in [6, 6.07) is 40.7. The van der Waals surface area contributed by atoms with Gasteiger partial charge in [0.15, 0.2) is 17.5 Å². The SMILES string of the molecule is CC1(C)OB(c2cc(-c3cccc(-c4ccccn4)c3)cc(-c3nc(-c4ccccc4)nc(-c4ccccc4)n3)c2)OC1(C)C. The lowest BCUT2D eigenvalue weighted by Crippen LogP contribution is -2.41. The van der Waals surface area contributed by atoms with E-state index in [2.05, 4.69) is 75.1 Å². The second kappa shape index (κ2) is 11.5. The molecule has 1 saturated heterocycles. The van der Waals surface area contributed by atoms with Crippen LogP contribution < -0.4 is 5.46 Å². The molecule has 0 atom stereocenters. The van der Waals surface area contributed by atoms with Crippen LogP contribution in [0.1, 0.15) is 27.7 Å². The van der Waals surface area contributed by atoms with Crippen molar-refractivity contribution in [3.63, 3.8) is 0 Å². The number of hydrogen-bond donors (Lipinski definition) is 0. The van der Waals surface area contributed by atoms with Crippen LogP contribution in [0.3, 0.4) is 0 Å². The van der Waals surface area contributed by atoms with Gasteiger partial charge in [-0.05, 0) is 68.6 Å². The fourth-order valence-electron chi connectivity index (χ4n) is 5.39. The molecule has 7 heteroatoms. The zero-order valence-electron chi connectivity index (χ0n) is 25.8. The Kier molecular flexibility index (Phi) is 7.36. The van der Waals surface area contributed by atoms with Gasteiger partial charge in [0.1, 0.15) is 0 Å². The number of benzene rings is 4. The number of aromatic nitrogens is 4. The molecule has 45 heavy (non-hydrogen) atoms. The highest BCUT2D eigenvalue weighted by molar-refractivity contribution is 6.62. The molecule has 7 rings (SSSR count). The molecule has 6 nitrogen and oxygen atoms in total. The van der Waals surface area contributed by atoms with E-state index in [0.717, 1.165) is 44.5 Å². The molecule has 0 bridgehead atoms. The van der Waals surface area contributed by atoms with E-state index in [1.165, 1.54) is 0 Å². The standard InChI is InChI=1S/C38H33BN4O2/c1-37(2)38(3,4)45-39(44-37)32-24-30(28-18-13-19-29(22-28)33-20-11-12-21-40-33)23-31(25-32)36-42-34(26-14-7-5-8-15-26)41-35(43-36)27-16-9-6-10-17-27/h5-25H,1-4H3. The Bertz CT molecular complexity index is 1890. The zero-order chi connectivity index (χ0) is 31.0. The predicted octanol–water partition coefficient (Wildman–Crippen LogP) is 7.90. The van der Waals surface area contributed by atoms with Crippen LogP contribution in [-0.4, -0.2) is 38.3 Å². The van der Waals surface area contributed by atoms with Gasteiger partial charge in [0.2, 0.25) is 0 Å². The van der Waals surface area contributed by atoms with E-state index in [1.807, 2.05) is 85.1 Å². The van der Waals surface area contributed by atoms with E-state index in [-0.39, 0.29) is 0 Å². The first-order chi connectivity index (χ1) is 21.8. The quantitative estimate of drug-likeness (QED) is 0.184. The summed E-state index contributed by atoms with van der Waals surface area (Å²) in [4.78, 5) is 19.5. The van der Waals surface area contributed by atoms with Crippen LogP contribution in [-0.2, 0) is 9.31 Å². The summed E-state index contributed by atoms with van der Waals surface area (Å²) in [7, 11) is -0.559. The predicted molar refractivity (Wildman–Crippen MR) is 181 cm³/mol. The van der Waals surface area contributed by atoms with Gasteiger partial charge in [-0.15, -0.1) is 0 Å². The van der Waals surface area contributed by atoms with Crippen molar-refractivity contribution in [1.29, 1.82) is 0 Å². The molecule has 3 heterocycles. The Hall–Kier alpha value is -4.98. The van der Waals surface area contributed by atoms with Crippen molar-refractivity contribution in [2.75, 3.05) is 0 Å². The van der Waals surface area contributed by atoms with Crippen LogP contribution in [0.2, 0.25) is 0 Å².